The van der Waals surface area contributed by atoms with E-state index in [0.29, 0.717) is 38.5 Å². The number of carbonyl (C=O) groups excluding carboxylic acids is 1. The van der Waals surface area contributed by atoms with Crippen molar-refractivity contribution in [2.45, 2.75) is 39.0 Å². The van der Waals surface area contributed by atoms with Gasteiger partial charge in [-0.15, -0.1) is 0 Å². The highest BCUT2D eigenvalue weighted by Gasteiger charge is 2.46. The molecule has 0 radical (unpaired) electrons. The summed E-state index contributed by atoms with van der Waals surface area (Å²) in [5, 5.41) is 12.2. The number of nitrogens with two attached hydrogens (primary N) is 1. The molecule has 6 heteroatoms. The van der Waals surface area contributed by atoms with Gasteiger partial charge in [0, 0.05) is 26.3 Å². The van der Waals surface area contributed by atoms with Gasteiger partial charge in [0.05, 0.1) is 0 Å². The molecule has 1 heterocycles. The number of carbonyl (C=O) groups is 1. The van der Waals surface area contributed by atoms with Crippen LogP contribution in [-0.2, 0) is 9.53 Å². The van der Waals surface area contributed by atoms with Crippen LogP contribution in [0.15, 0.2) is 5.16 Å². The van der Waals surface area contributed by atoms with Crippen LogP contribution in [0.4, 0.5) is 0 Å². The fraction of sp³-hybridized carbons (Fsp3) is 0.857. The molecule has 1 aliphatic heterocycles. The monoisotopic (exact) mass is 283 g/mol. The number of hydrogen-bond donors (Lipinski definition) is 2. The first-order chi connectivity index (χ1) is 9.64. The summed E-state index contributed by atoms with van der Waals surface area (Å²) in [5.41, 5.74) is 4.97. The van der Waals surface area contributed by atoms with Crippen molar-refractivity contribution < 1.29 is 14.7 Å². The van der Waals surface area contributed by atoms with Gasteiger partial charge in [0.2, 0.25) is 5.91 Å². The molecule has 1 saturated carbocycles. The van der Waals surface area contributed by atoms with E-state index in [1.54, 1.807) is 0 Å². The summed E-state index contributed by atoms with van der Waals surface area (Å²) in [6.07, 6.45) is 4.63. The van der Waals surface area contributed by atoms with E-state index in [2.05, 4.69) is 5.16 Å². The highest BCUT2D eigenvalue weighted by molar-refractivity contribution is 6.06. The molecule has 1 saturated heterocycles. The second-order valence-electron chi connectivity index (χ2n) is 5.82. The third kappa shape index (κ3) is 2.75. The summed E-state index contributed by atoms with van der Waals surface area (Å²) >= 11 is 0. The molecule has 1 amide bonds. The summed E-state index contributed by atoms with van der Waals surface area (Å²) < 4.78 is 5.33. The Balaban J connectivity index is 2.15. The van der Waals surface area contributed by atoms with Gasteiger partial charge in [-0.1, -0.05) is 11.6 Å². The van der Waals surface area contributed by atoms with E-state index >= 15 is 0 Å². The maximum absolute atomic E-state index is 12.9. The number of amides is 1. The molecular weight excluding hydrogens is 258 g/mol. The number of oxime groups is 1. The molecule has 0 aromatic rings. The quantitative estimate of drug-likeness (QED) is 0.343. The smallest absolute Gasteiger partial charge is 0.236 e. The highest BCUT2D eigenvalue weighted by atomic mass is 16.5. The van der Waals surface area contributed by atoms with Gasteiger partial charge in [-0.2, -0.15) is 0 Å². The Kier molecular flexibility index (Phi) is 4.86. The first-order valence-electron chi connectivity index (χ1n) is 7.49. The van der Waals surface area contributed by atoms with E-state index in [9.17, 15) is 4.79 Å². The van der Waals surface area contributed by atoms with Crippen LogP contribution in [-0.4, -0.2) is 48.2 Å². The summed E-state index contributed by atoms with van der Waals surface area (Å²) in [4.78, 5) is 14.8. The minimum atomic E-state index is -0.882. The van der Waals surface area contributed by atoms with Gasteiger partial charge < -0.3 is 20.6 Å². The van der Waals surface area contributed by atoms with E-state index in [0.717, 1.165) is 6.54 Å². The van der Waals surface area contributed by atoms with Crippen molar-refractivity contribution in [3.63, 3.8) is 0 Å². The van der Waals surface area contributed by atoms with Crippen molar-refractivity contribution in [2.24, 2.45) is 22.2 Å². The molecule has 0 aromatic carbocycles. The lowest BCUT2D eigenvalue weighted by Gasteiger charge is -2.40. The maximum Gasteiger partial charge on any atom is 0.236 e. The molecule has 20 heavy (non-hydrogen) atoms. The van der Waals surface area contributed by atoms with Crippen LogP contribution in [0.3, 0.4) is 0 Å². The minimum Gasteiger partial charge on any atom is -0.409 e. The molecule has 2 aliphatic rings. The van der Waals surface area contributed by atoms with Gasteiger partial charge in [0.25, 0.3) is 0 Å². The lowest BCUT2D eigenvalue weighted by atomic mass is 9.77. The number of ether oxygens (including phenoxy) is 1. The zero-order chi connectivity index (χ0) is 14.6. The first-order valence-corrected chi connectivity index (χ1v) is 7.49. The molecule has 0 spiro atoms. The normalized spacial score (nSPS) is 23.1. The lowest BCUT2D eigenvalue weighted by Crippen LogP contribution is -2.55. The molecule has 1 aliphatic carbocycles. The zero-order valence-electron chi connectivity index (χ0n) is 12.2. The van der Waals surface area contributed by atoms with E-state index in [4.69, 9.17) is 15.7 Å². The summed E-state index contributed by atoms with van der Waals surface area (Å²) in [6.45, 7) is 4.38. The number of rotatable bonds is 5. The topological polar surface area (TPSA) is 88.2 Å². The van der Waals surface area contributed by atoms with Crippen LogP contribution in [0.1, 0.15) is 39.0 Å². The summed E-state index contributed by atoms with van der Waals surface area (Å²) in [7, 11) is 0. The van der Waals surface area contributed by atoms with E-state index < -0.39 is 5.41 Å². The van der Waals surface area contributed by atoms with Gasteiger partial charge in [-0.25, -0.2) is 0 Å². The number of hydrogen-bond acceptors (Lipinski definition) is 4. The molecule has 0 aromatic heterocycles. The first kappa shape index (κ1) is 15.1. The third-order valence-electron chi connectivity index (χ3n) is 4.73. The highest BCUT2D eigenvalue weighted by Crippen LogP contribution is 2.35. The maximum atomic E-state index is 12.9. The Bertz CT molecular complexity index is 374. The van der Waals surface area contributed by atoms with Crippen molar-refractivity contribution in [1.82, 2.24) is 4.90 Å². The second kappa shape index (κ2) is 6.43. The molecule has 2 rings (SSSR count). The second-order valence-corrected chi connectivity index (χ2v) is 5.82. The lowest BCUT2D eigenvalue weighted by molar-refractivity contribution is -0.143. The van der Waals surface area contributed by atoms with Crippen molar-refractivity contribution in [3.05, 3.63) is 0 Å². The SMILES string of the molecule is CCN(CC1CCC1)C(=O)C1(C(N)=NO)CCOCC1. The Hall–Kier alpha value is -1.30. The van der Waals surface area contributed by atoms with Crippen LogP contribution in [0.5, 0.6) is 0 Å². The Labute approximate surface area is 119 Å². The third-order valence-corrected chi connectivity index (χ3v) is 4.73. The average Bonchev–Trinajstić information content (AvgIpc) is 2.45. The summed E-state index contributed by atoms with van der Waals surface area (Å²) in [5.74, 6) is 0.631. The molecule has 6 nitrogen and oxygen atoms in total. The Morgan fingerprint density at radius 3 is 2.55 bits per heavy atom. The predicted octanol–water partition coefficient (Wildman–Crippen LogP) is 1.18. The van der Waals surface area contributed by atoms with Crippen LogP contribution >= 0.6 is 0 Å². The Morgan fingerprint density at radius 2 is 2.10 bits per heavy atom. The molecule has 114 valence electrons. The molecule has 2 fully saturated rings. The van der Waals surface area contributed by atoms with Crippen LogP contribution in [0.2, 0.25) is 0 Å². The van der Waals surface area contributed by atoms with E-state index in [-0.39, 0.29) is 11.7 Å². The summed E-state index contributed by atoms with van der Waals surface area (Å²) in [6, 6.07) is 0. The molecule has 0 unspecified atom stereocenters. The minimum absolute atomic E-state index is 0.00880. The van der Waals surface area contributed by atoms with Crippen molar-refractivity contribution in [2.75, 3.05) is 26.3 Å². The van der Waals surface area contributed by atoms with E-state index in [1.807, 2.05) is 11.8 Å². The van der Waals surface area contributed by atoms with Gasteiger partial charge in [0.1, 0.15) is 5.41 Å². The van der Waals surface area contributed by atoms with E-state index in [1.165, 1.54) is 19.3 Å². The molecule has 0 bridgehead atoms. The van der Waals surface area contributed by atoms with Crippen molar-refractivity contribution in [1.29, 1.82) is 0 Å². The molecule has 3 N–H and O–H groups in total. The van der Waals surface area contributed by atoms with Crippen LogP contribution < -0.4 is 5.73 Å². The number of amidine groups is 1. The predicted molar refractivity (Wildman–Crippen MR) is 75.5 cm³/mol. The largest absolute Gasteiger partial charge is 0.409 e. The average molecular weight is 283 g/mol. The molecule has 0 atom stereocenters. The Morgan fingerprint density at radius 1 is 1.45 bits per heavy atom. The van der Waals surface area contributed by atoms with Crippen molar-refractivity contribution >= 4 is 11.7 Å². The fourth-order valence-electron chi connectivity index (χ4n) is 3.04. The van der Waals surface area contributed by atoms with Crippen LogP contribution in [0.25, 0.3) is 0 Å². The molecular formula is C14H25N3O3. The van der Waals surface area contributed by atoms with Gasteiger partial charge in [0.15, 0.2) is 5.84 Å². The fourth-order valence-corrected chi connectivity index (χ4v) is 3.04. The standard InChI is InChI=1S/C14H25N3O3/c1-2-17(10-11-4-3-5-11)13(18)14(12(15)16-19)6-8-20-9-7-14/h11,19H,2-10H2,1H3,(H2,15,16). The number of nitrogens with zero attached hydrogens (tertiary/aromatic N) is 2. The van der Waals surface area contributed by atoms with Gasteiger partial charge in [-0.05, 0) is 38.5 Å². The van der Waals surface area contributed by atoms with Gasteiger partial charge in [-0.3, -0.25) is 4.79 Å². The van der Waals surface area contributed by atoms with Crippen LogP contribution in [0, 0.1) is 11.3 Å². The van der Waals surface area contributed by atoms with Gasteiger partial charge >= 0.3 is 0 Å². The zero-order valence-corrected chi connectivity index (χ0v) is 12.2. The van der Waals surface area contributed by atoms with Crippen molar-refractivity contribution in [3.8, 4) is 0 Å².